The van der Waals surface area contributed by atoms with Crippen LogP contribution in [-0.2, 0) is 6.54 Å². The molecule has 0 bridgehead atoms. The molecule has 0 saturated heterocycles. The minimum Gasteiger partial charge on any atom is -0.316 e. The van der Waals surface area contributed by atoms with Crippen molar-refractivity contribution in [1.82, 2.24) is 10.6 Å². The molecule has 0 aliphatic heterocycles. The van der Waals surface area contributed by atoms with E-state index in [2.05, 4.69) is 33.5 Å². The third-order valence-corrected chi connectivity index (χ3v) is 2.55. The Kier molecular flexibility index (Phi) is 5.83. The number of rotatable bonds is 6. The van der Waals surface area contributed by atoms with E-state index in [0.717, 1.165) is 24.1 Å². The Bertz CT molecular complexity index is 305. The summed E-state index contributed by atoms with van der Waals surface area (Å²) in [6.07, 6.45) is 0. The van der Waals surface area contributed by atoms with Crippen molar-refractivity contribution in [3.63, 3.8) is 0 Å². The number of hydrogen-bond acceptors (Lipinski definition) is 2. The second kappa shape index (κ2) is 6.93. The summed E-state index contributed by atoms with van der Waals surface area (Å²) in [5.41, 5.74) is 0.703. The molecule has 0 saturated carbocycles. The molecule has 0 fully saturated rings. The molecule has 4 heteroatoms. The van der Waals surface area contributed by atoms with Crippen molar-refractivity contribution in [3.05, 3.63) is 34.1 Å². The Morgan fingerprint density at radius 1 is 1.27 bits per heavy atom. The lowest BCUT2D eigenvalue weighted by molar-refractivity contribution is 0.577. The lowest BCUT2D eigenvalue weighted by Gasteiger charge is -2.06. The van der Waals surface area contributed by atoms with Gasteiger partial charge in [0, 0.05) is 29.7 Å². The first kappa shape index (κ1) is 12.6. The van der Waals surface area contributed by atoms with E-state index in [1.165, 1.54) is 6.07 Å². The van der Waals surface area contributed by atoms with Crippen LogP contribution in [0.3, 0.4) is 0 Å². The Morgan fingerprint density at radius 3 is 2.67 bits per heavy atom. The normalized spacial score (nSPS) is 10.6. The summed E-state index contributed by atoms with van der Waals surface area (Å²) < 4.78 is 14.1. The monoisotopic (exact) mass is 274 g/mol. The molecule has 2 nitrogen and oxygen atoms in total. The molecule has 1 aromatic rings. The molecule has 15 heavy (non-hydrogen) atoms. The summed E-state index contributed by atoms with van der Waals surface area (Å²) in [5, 5.41) is 6.37. The summed E-state index contributed by atoms with van der Waals surface area (Å²) in [5.74, 6) is -0.166. The average molecular weight is 275 g/mol. The molecular weight excluding hydrogens is 259 g/mol. The topological polar surface area (TPSA) is 24.1 Å². The van der Waals surface area contributed by atoms with Gasteiger partial charge in [0.2, 0.25) is 0 Å². The molecule has 1 aromatic carbocycles. The highest BCUT2D eigenvalue weighted by molar-refractivity contribution is 9.10. The first-order valence-corrected chi connectivity index (χ1v) is 5.88. The van der Waals surface area contributed by atoms with Gasteiger partial charge in [0.15, 0.2) is 0 Å². The summed E-state index contributed by atoms with van der Waals surface area (Å²) in [6.45, 7) is 5.37. The standard InChI is InChI=1S/C11H16BrFN2/c1-2-14-5-6-15-8-9-3-4-10(12)7-11(9)13/h3-4,7,14-15H,2,5-6,8H2,1H3. The maximum Gasteiger partial charge on any atom is 0.128 e. The molecular formula is C11H16BrFN2. The van der Waals surface area contributed by atoms with Gasteiger partial charge in [-0.25, -0.2) is 4.39 Å². The predicted octanol–water partition coefficient (Wildman–Crippen LogP) is 2.29. The van der Waals surface area contributed by atoms with E-state index in [-0.39, 0.29) is 5.82 Å². The lowest BCUT2D eigenvalue weighted by Crippen LogP contribution is -2.27. The van der Waals surface area contributed by atoms with Crippen LogP contribution in [0.2, 0.25) is 0 Å². The van der Waals surface area contributed by atoms with E-state index in [1.54, 1.807) is 6.07 Å². The SMILES string of the molecule is CCNCCNCc1ccc(Br)cc1F. The maximum atomic E-state index is 13.3. The van der Waals surface area contributed by atoms with E-state index < -0.39 is 0 Å². The van der Waals surface area contributed by atoms with Crippen molar-refractivity contribution in [2.24, 2.45) is 0 Å². The number of likely N-dealkylation sites (N-methyl/N-ethyl adjacent to an activating group) is 1. The van der Waals surface area contributed by atoms with Crippen molar-refractivity contribution < 1.29 is 4.39 Å². The molecule has 2 N–H and O–H groups in total. The summed E-state index contributed by atoms with van der Waals surface area (Å²) in [4.78, 5) is 0. The maximum absolute atomic E-state index is 13.3. The van der Waals surface area contributed by atoms with Crippen LogP contribution in [0, 0.1) is 5.82 Å². The van der Waals surface area contributed by atoms with Gasteiger partial charge < -0.3 is 10.6 Å². The van der Waals surface area contributed by atoms with E-state index >= 15 is 0 Å². The van der Waals surface area contributed by atoms with Gasteiger partial charge in [-0.3, -0.25) is 0 Å². The fourth-order valence-electron chi connectivity index (χ4n) is 1.24. The molecule has 0 unspecified atom stereocenters. The van der Waals surface area contributed by atoms with Crippen molar-refractivity contribution >= 4 is 15.9 Å². The van der Waals surface area contributed by atoms with Gasteiger partial charge >= 0.3 is 0 Å². The van der Waals surface area contributed by atoms with Crippen molar-refractivity contribution in [3.8, 4) is 0 Å². The van der Waals surface area contributed by atoms with Gasteiger partial charge in [-0.05, 0) is 18.7 Å². The molecule has 0 heterocycles. The highest BCUT2D eigenvalue weighted by Crippen LogP contribution is 2.14. The van der Waals surface area contributed by atoms with Crippen LogP contribution in [0.4, 0.5) is 4.39 Å². The Balaban J connectivity index is 2.31. The molecule has 84 valence electrons. The van der Waals surface area contributed by atoms with E-state index in [4.69, 9.17) is 0 Å². The third kappa shape index (κ3) is 4.73. The zero-order chi connectivity index (χ0) is 11.1. The highest BCUT2D eigenvalue weighted by atomic mass is 79.9. The van der Waals surface area contributed by atoms with Crippen LogP contribution in [0.25, 0.3) is 0 Å². The summed E-state index contributed by atoms with van der Waals surface area (Å²) in [6, 6.07) is 5.13. The van der Waals surface area contributed by atoms with Crippen molar-refractivity contribution in [2.75, 3.05) is 19.6 Å². The molecule has 0 amide bonds. The van der Waals surface area contributed by atoms with Gasteiger partial charge in [0.1, 0.15) is 5.82 Å². The molecule has 0 spiro atoms. The van der Waals surface area contributed by atoms with Crippen LogP contribution in [0.15, 0.2) is 22.7 Å². The number of halogens is 2. The zero-order valence-electron chi connectivity index (χ0n) is 8.82. The number of hydrogen-bond donors (Lipinski definition) is 2. The molecule has 0 atom stereocenters. The summed E-state index contributed by atoms with van der Waals surface area (Å²) >= 11 is 3.23. The fraction of sp³-hybridized carbons (Fsp3) is 0.455. The van der Waals surface area contributed by atoms with Crippen LogP contribution in [-0.4, -0.2) is 19.6 Å². The molecule has 0 aliphatic carbocycles. The minimum absolute atomic E-state index is 0.166. The highest BCUT2D eigenvalue weighted by Gasteiger charge is 2.01. The van der Waals surface area contributed by atoms with Crippen LogP contribution >= 0.6 is 15.9 Å². The van der Waals surface area contributed by atoms with Crippen molar-refractivity contribution in [2.45, 2.75) is 13.5 Å². The van der Waals surface area contributed by atoms with Gasteiger partial charge in [-0.1, -0.05) is 28.9 Å². The smallest absolute Gasteiger partial charge is 0.128 e. The molecule has 0 aliphatic rings. The number of nitrogens with one attached hydrogen (secondary N) is 2. The van der Waals surface area contributed by atoms with E-state index in [0.29, 0.717) is 12.1 Å². The Hall–Kier alpha value is -0.450. The van der Waals surface area contributed by atoms with Gasteiger partial charge in [0.05, 0.1) is 0 Å². The fourth-order valence-corrected chi connectivity index (χ4v) is 1.57. The Morgan fingerprint density at radius 2 is 2.00 bits per heavy atom. The molecule has 1 rings (SSSR count). The largest absolute Gasteiger partial charge is 0.316 e. The van der Waals surface area contributed by atoms with Crippen LogP contribution in [0.5, 0.6) is 0 Å². The van der Waals surface area contributed by atoms with Gasteiger partial charge in [-0.2, -0.15) is 0 Å². The number of benzene rings is 1. The first-order valence-electron chi connectivity index (χ1n) is 5.09. The predicted molar refractivity (Wildman–Crippen MR) is 64.4 cm³/mol. The summed E-state index contributed by atoms with van der Waals surface area (Å²) in [7, 11) is 0. The quantitative estimate of drug-likeness (QED) is 0.778. The average Bonchev–Trinajstić information content (AvgIpc) is 2.20. The zero-order valence-corrected chi connectivity index (χ0v) is 10.4. The lowest BCUT2D eigenvalue weighted by atomic mass is 10.2. The second-order valence-corrected chi connectivity index (χ2v) is 4.18. The van der Waals surface area contributed by atoms with Crippen LogP contribution < -0.4 is 10.6 Å². The minimum atomic E-state index is -0.166. The van der Waals surface area contributed by atoms with E-state index in [9.17, 15) is 4.39 Å². The van der Waals surface area contributed by atoms with E-state index in [1.807, 2.05) is 6.07 Å². The first-order chi connectivity index (χ1) is 7.24. The van der Waals surface area contributed by atoms with Gasteiger partial charge in [-0.15, -0.1) is 0 Å². The van der Waals surface area contributed by atoms with Gasteiger partial charge in [0.25, 0.3) is 0 Å². The Labute approximate surface area is 98.4 Å². The van der Waals surface area contributed by atoms with Crippen LogP contribution in [0.1, 0.15) is 12.5 Å². The van der Waals surface area contributed by atoms with Crippen molar-refractivity contribution in [1.29, 1.82) is 0 Å². The molecule has 0 aromatic heterocycles. The third-order valence-electron chi connectivity index (χ3n) is 2.06. The second-order valence-electron chi connectivity index (χ2n) is 3.27. The molecule has 0 radical (unpaired) electrons.